The van der Waals surface area contributed by atoms with Crippen LogP contribution in [0.4, 0.5) is 5.69 Å². The van der Waals surface area contributed by atoms with Gasteiger partial charge >= 0.3 is 0 Å². The first kappa shape index (κ1) is 19.7. The van der Waals surface area contributed by atoms with Crippen molar-refractivity contribution in [3.63, 3.8) is 0 Å². The van der Waals surface area contributed by atoms with Crippen molar-refractivity contribution in [2.75, 3.05) is 4.90 Å². The van der Waals surface area contributed by atoms with E-state index < -0.39 is 0 Å². The number of benzene rings is 1. The number of hydrogen-bond acceptors (Lipinski definition) is 5. The number of phenols is 1. The minimum Gasteiger partial charge on any atom is -0.508 e. The number of hydrogen-bond donors (Lipinski definition) is 2. The van der Waals surface area contributed by atoms with Gasteiger partial charge in [0.1, 0.15) is 5.75 Å². The molecule has 5 rings (SSSR count). The lowest BCUT2D eigenvalue weighted by molar-refractivity contribution is 0.475. The van der Waals surface area contributed by atoms with E-state index in [9.17, 15) is 5.11 Å². The fourth-order valence-corrected chi connectivity index (χ4v) is 5.37. The molecule has 2 atom stereocenters. The zero-order valence-corrected chi connectivity index (χ0v) is 18.7. The lowest BCUT2D eigenvalue weighted by atomic mass is 9.96. The molecule has 0 radical (unpaired) electrons. The van der Waals surface area contributed by atoms with Gasteiger partial charge in [0.05, 0.1) is 17.8 Å². The molecule has 4 aromatic rings. The SMILES string of the molecule is Cc1cc([C@@H]2[C@@H](c3ccccn3)NC(=S)N2c2ccc(O)cc2)c(C)n1-c1nccs1. The Morgan fingerprint density at radius 1 is 1.06 bits per heavy atom. The number of thiocarbonyl (C=S) groups is 1. The molecule has 0 amide bonds. The highest BCUT2D eigenvalue weighted by atomic mass is 32.1. The molecule has 1 aromatic carbocycles. The number of thiazole rings is 1. The maximum absolute atomic E-state index is 9.78. The van der Waals surface area contributed by atoms with Gasteiger partial charge < -0.3 is 15.3 Å². The molecule has 1 aliphatic heterocycles. The Balaban J connectivity index is 1.68. The van der Waals surface area contributed by atoms with E-state index in [1.807, 2.05) is 41.9 Å². The maximum Gasteiger partial charge on any atom is 0.193 e. The van der Waals surface area contributed by atoms with E-state index in [4.69, 9.17) is 12.2 Å². The summed E-state index contributed by atoms with van der Waals surface area (Å²) in [6, 6.07) is 15.1. The van der Waals surface area contributed by atoms with Crippen molar-refractivity contribution in [3.8, 4) is 10.9 Å². The van der Waals surface area contributed by atoms with Crippen LogP contribution in [0.2, 0.25) is 0 Å². The second kappa shape index (κ2) is 7.79. The van der Waals surface area contributed by atoms with E-state index in [0.717, 1.165) is 33.5 Å². The van der Waals surface area contributed by atoms with Crippen LogP contribution in [0.25, 0.3) is 5.13 Å². The summed E-state index contributed by atoms with van der Waals surface area (Å²) < 4.78 is 2.19. The van der Waals surface area contributed by atoms with Gasteiger partial charge in [-0.15, -0.1) is 11.3 Å². The summed E-state index contributed by atoms with van der Waals surface area (Å²) >= 11 is 7.39. The Labute approximate surface area is 189 Å². The van der Waals surface area contributed by atoms with E-state index in [2.05, 4.69) is 44.7 Å². The van der Waals surface area contributed by atoms with E-state index in [-0.39, 0.29) is 17.8 Å². The molecule has 156 valence electrons. The van der Waals surface area contributed by atoms with Crippen LogP contribution in [0.15, 0.2) is 66.3 Å². The number of aromatic nitrogens is 3. The Morgan fingerprint density at radius 3 is 2.55 bits per heavy atom. The van der Waals surface area contributed by atoms with Crippen molar-refractivity contribution in [1.29, 1.82) is 0 Å². The molecule has 0 spiro atoms. The molecule has 6 nitrogen and oxygen atoms in total. The van der Waals surface area contributed by atoms with Crippen LogP contribution >= 0.6 is 23.6 Å². The second-order valence-corrected chi connectivity index (χ2v) is 8.75. The van der Waals surface area contributed by atoms with Crippen molar-refractivity contribution in [2.45, 2.75) is 25.9 Å². The average molecular weight is 448 g/mol. The van der Waals surface area contributed by atoms with Crippen LogP contribution in [0, 0.1) is 13.8 Å². The van der Waals surface area contributed by atoms with Crippen molar-refractivity contribution < 1.29 is 5.11 Å². The Morgan fingerprint density at radius 2 is 1.87 bits per heavy atom. The minimum absolute atomic E-state index is 0.105. The topological polar surface area (TPSA) is 66.2 Å². The summed E-state index contributed by atoms with van der Waals surface area (Å²) in [6.07, 6.45) is 3.63. The smallest absolute Gasteiger partial charge is 0.193 e. The zero-order valence-electron chi connectivity index (χ0n) is 17.1. The minimum atomic E-state index is -0.118. The Kier molecular flexibility index (Phi) is 4.95. The largest absolute Gasteiger partial charge is 0.508 e. The molecule has 1 saturated heterocycles. The summed E-state index contributed by atoms with van der Waals surface area (Å²) in [7, 11) is 0. The molecule has 3 aromatic heterocycles. The summed E-state index contributed by atoms with van der Waals surface area (Å²) in [5.74, 6) is 0.224. The number of aryl methyl sites for hydroxylation is 1. The molecule has 2 N–H and O–H groups in total. The number of nitrogens with one attached hydrogen (secondary N) is 1. The first-order valence-electron chi connectivity index (χ1n) is 9.93. The quantitative estimate of drug-likeness (QED) is 0.437. The maximum atomic E-state index is 9.78. The Hall–Kier alpha value is -3.23. The summed E-state index contributed by atoms with van der Waals surface area (Å²) in [5, 5.41) is 16.8. The van der Waals surface area contributed by atoms with Crippen molar-refractivity contribution in [3.05, 3.63) is 88.9 Å². The van der Waals surface area contributed by atoms with Crippen molar-refractivity contribution >= 4 is 34.4 Å². The van der Waals surface area contributed by atoms with Crippen LogP contribution in [-0.4, -0.2) is 24.8 Å². The standard InChI is InChI=1S/C23H21N5OS2/c1-14-13-18(15(2)27(14)23-25-11-12-31-23)21-20(19-5-3-4-10-24-19)26-22(30)28(21)16-6-8-17(29)9-7-16/h3-13,20-21,29H,1-2H3,(H,26,30)/t20-,21-/m1/s1. The number of aromatic hydroxyl groups is 1. The average Bonchev–Trinajstić information content (AvgIpc) is 3.47. The molecule has 0 saturated carbocycles. The van der Waals surface area contributed by atoms with Gasteiger partial charge in [-0.05, 0) is 74.1 Å². The van der Waals surface area contributed by atoms with E-state index in [0.29, 0.717) is 5.11 Å². The molecular weight excluding hydrogens is 426 g/mol. The van der Waals surface area contributed by atoms with Gasteiger partial charge in [0.15, 0.2) is 10.2 Å². The molecular formula is C23H21N5OS2. The third-order valence-corrected chi connectivity index (χ3v) is 6.70. The van der Waals surface area contributed by atoms with Gasteiger partial charge in [-0.2, -0.15) is 0 Å². The van der Waals surface area contributed by atoms with Crippen molar-refractivity contribution in [1.82, 2.24) is 19.9 Å². The molecule has 4 heterocycles. The van der Waals surface area contributed by atoms with Gasteiger partial charge in [0.25, 0.3) is 0 Å². The third kappa shape index (κ3) is 3.37. The van der Waals surface area contributed by atoms with Gasteiger partial charge in [0, 0.05) is 34.8 Å². The van der Waals surface area contributed by atoms with Crippen LogP contribution in [0.5, 0.6) is 5.75 Å². The van der Waals surface area contributed by atoms with Gasteiger partial charge in [-0.1, -0.05) is 6.07 Å². The zero-order chi connectivity index (χ0) is 21.5. The predicted molar refractivity (Wildman–Crippen MR) is 127 cm³/mol. The van der Waals surface area contributed by atoms with E-state index in [1.54, 1.807) is 29.7 Å². The Bertz CT molecular complexity index is 1220. The molecule has 0 unspecified atom stereocenters. The van der Waals surface area contributed by atoms with Crippen molar-refractivity contribution in [2.24, 2.45) is 0 Å². The molecule has 8 heteroatoms. The van der Waals surface area contributed by atoms with Gasteiger partial charge in [-0.25, -0.2) is 4.98 Å². The summed E-state index contributed by atoms with van der Waals surface area (Å²) in [4.78, 5) is 11.2. The molecule has 31 heavy (non-hydrogen) atoms. The highest BCUT2D eigenvalue weighted by molar-refractivity contribution is 7.80. The molecule has 0 aliphatic carbocycles. The highest BCUT2D eigenvalue weighted by Crippen LogP contribution is 2.44. The number of rotatable bonds is 4. The van der Waals surface area contributed by atoms with Crippen LogP contribution in [0.3, 0.4) is 0 Å². The highest BCUT2D eigenvalue weighted by Gasteiger charge is 2.42. The molecule has 1 fully saturated rings. The fraction of sp³-hybridized carbons (Fsp3) is 0.174. The first-order valence-corrected chi connectivity index (χ1v) is 11.2. The predicted octanol–water partition coefficient (Wildman–Crippen LogP) is 4.83. The van der Waals surface area contributed by atoms with Gasteiger partial charge in [0.2, 0.25) is 0 Å². The fourth-order valence-electron chi connectivity index (χ4n) is 4.27. The van der Waals surface area contributed by atoms with Crippen LogP contribution in [-0.2, 0) is 0 Å². The van der Waals surface area contributed by atoms with E-state index >= 15 is 0 Å². The first-order chi connectivity index (χ1) is 15.0. The van der Waals surface area contributed by atoms with E-state index in [1.165, 1.54) is 0 Å². The summed E-state index contributed by atoms with van der Waals surface area (Å²) in [6.45, 7) is 4.22. The normalized spacial score (nSPS) is 18.4. The molecule has 1 aliphatic rings. The monoisotopic (exact) mass is 447 g/mol. The van der Waals surface area contributed by atoms with Gasteiger partial charge in [-0.3, -0.25) is 9.55 Å². The number of anilines is 1. The molecule has 0 bridgehead atoms. The lowest BCUT2D eigenvalue weighted by Gasteiger charge is -2.28. The third-order valence-electron chi connectivity index (χ3n) is 5.63. The van der Waals surface area contributed by atoms with Crippen LogP contribution in [0.1, 0.15) is 34.7 Å². The summed E-state index contributed by atoms with van der Waals surface area (Å²) in [5.41, 5.74) is 5.23. The number of pyridine rings is 1. The lowest BCUT2D eigenvalue weighted by Crippen LogP contribution is -2.29. The number of nitrogens with zero attached hydrogens (tertiary/aromatic N) is 4. The second-order valence-electron chi connectivity index (χ2n) is 7.49. The van der Waals surface area contributed by atoms with Crippen LogP contribution < -0.4 is 10.2 Å². The number of phenolic OH excluding ortho intramolecular Hbond substituents is 1.